The molecular formula is C13H21N. The van der Waals surface area contributed by atoms with Crippen LogP contribution in [0.25, 0.3) is 0 Å². The molecule has 1 heterocycles. The number of hydrogen-bond donors (Lipinski definition) is 1. The van der Waals surface area contributed by atoms with E-state index >= 15 is 0 Å². The second-order valence-electron chi connectivity index (χ2n) is 4.88. The molecule has 2 unspecified atom stereocenters. The summed E-state index contributed by atoms with van der Waals surface area (Å²) in [6, 6.07) is 0. The predicted molar refractivity (Wildman–Crippen MR) is 61.1 cm³/mol. The summed E-state index contributed by atoms with van der Waals surface area (Å²) >= 11 is 0. The lowest BCUT2D eigenvalue weighted by Crippen LogP contribution is -2.31. The molecule has 0 aromatic heterocycles. The Hall–Kier alpha value is -0.560. The molecule has 2 atom stereocenters. The largest absolute Gasteiger partial charge is 0.309 e. The smallest absolute Gasteiger partial charge is 0.0208 e. The van der Waals surface area contributed by atoms with Gasteiger partial charge < -0.3 is 5.32 Å². The normalized spacial score (nSPS) is 43.2. The van der Waals surface area contributed by atoms with Crippen molar-refractivity contribution >= 4 is 0 Å². The third kappa shape index (κ3) is 1.66. The lowest BCUT2D eigenvalue weighted by atomic mass is 9.66. The highest BCUT2D eigenvalue weighted by molar-refractivity contribution is 5.38. The van der Waals surface area contributed by atoms with Crippen molar-refractivity contribution < 1.29 is 0 Å². The van der Waals surface area contributed by atoms with Crippen LogP contribution in [0.5, 0.6) is 0 Å². The van der Waals surface area contributed by atoms with Gasteiger partial charge in [-0.2, -0.15) is 0 Å². The van der Waals surface area contributed by atoms with Gasteiger partial charge in [0.2, 0.25) is 0 Å². The average Bonchev–Trinajstić information content (AvgIpc) is 2.61. The molecule has 2 fully saturated rings. The van der Waals surface area contributed by atoms with Crippen LogP contribution in [0.1, 0.15) is 27.2 Å². The van der Waals surface area contributed by atoms with Crippen molar-refractivity contribution in [3.8, 4) is 0 Å². The first-order valence-corrected chi connectivity index (χ1v) is 5.79. The van der Waals surface area contributed by atoms with Gasteiger partial charge in [-0.05, 0) is 42.2 Å². The van der Waals surface area contributed by atoms with Gasteiger partial charge >= 0.3 is 0 Å². The third-order valence-corrected chi connectivity index (χ3v) is 3.84. The van der Waals surface area contributed by atoms with E-state index in [1.165, 1.54) is 12.0 Å². The highest BCUT2D eigenvalue weighted by Gasteiger charge is 2.33. The van der Waals surface area contributed by atoms with Crippen LogP contribution in [0.2, 0.25) is 0 Å². The maximum atomic E-state index is 3.42. The van der Waals surface area contributed by atoms with Crippen molar-refractivity contribution in [3.63, 3.8) is 0 Å². The first-order chi connectivity index (χ1) is 6.72. The van der Waals surface area contributed by atoms with E-state index in [1.807, 2.05) is 0 Å². The molecule has 1 saturated heterocycles. The van der Waals surface area contributed by atoms with Gasteiger partial charge in [0.1, 0.15) is 0 Å². The summed E-state index contributed by atoms with van der Waals surface area (Å²) in [7, 11) is 0. The van der Waals surface area contributed by atoms with E-state index in [9.17, 15) is 0 Å². The SMILES string of the molecule is C/C=C1/CNC/C1=C/C1C(C)CC1C. The van der Waals surface area contributed by atoms with Gasteiger partial charge in [0.15, 0.2) is 0 Å². The zero-order chi connectivity index (χ0) is 10.1. The Kier molecular flexibility index (Phi) is 2.78. The Morgan fingerprint density at radius 1 is 1.14 bits per heavy atom. The maximum absolute atomic E-state index is 3.42. The Morgan fingerprint density at radius 3 is 2.36 bits per heavy atom. The standard InChI is InChI=1S/C13H21N/c1-4-11-7-14-8-12(11)6-13-9(2)5-10(13)3/h4,6,9-10,13-14H,5,7-8H2,1-3H3/b11-4-,12-6-. The number of nitrogens with one attached hydrogen (secondary N) is 1. The van der Waals surface area contributed by atoms with Crippen LogP contribution >= 0.6 is 0 Å². The van der Waals surface area contributed by atoms with E-state index < -0.39 is 0 Å². The Labute approximate surface area is 87.3 Å². The van der Waals surface area contributed by atoms with Gasteiger partial charge in [-0.1, -0.05) is 26.0 Å². The number of rotatable bonds is 1. The molecule has 1 aliphatic heterocycles. The van der Waals surface area contributed by atoms with Crippen molar-refractivity contribution in [2.75, 3.05) is 13.1 Å². The van der Waals surface area contributed by atoms with Crippen molar-refractivity contribution in [1.82, 2.24) is 5.32 Å². The monoisotopic (exact) mass is 191 g/mol. The number of hydrogen-bond acceptors (Lipinski definition) is 1. The first kappa shape index (κ1) is 9.97. The summed E-state index contributed by atoms with van der Waals surface area (Å²) in [5.74, 6) is 2.63. The minimum atomic E-state index is 0.833. The van der Waals surface area contributed by atoms with Crippen LogP contribution in [-0.2, 0) is 0 Å². The molecule has 0 aromatic rings. The highest BCUT2D eigenvalue weighted by Crippen LogP contribution is 2.41. The van der Waals surface area contributed by atoms with Crippen molar-refractivity contribution in [2.24, 2.45) is 17.8 Å². The molecule has 0 aromatic carbocycles. The molecule has 2 aliphatic rings. The van der Waals surface area contributed by atoms with Gasteiger partial charge in [-0.25, -0.2) is 0 Å². The quantitative estimate of drug-likeness (QED) is 0.672. The Morgan fingerprint density at radius 2 is 1.79 bits per heavy atom. The van der Waals surface area contributed by atoms with Crippen LogP contribution in [0.3, 0.4) is 0 Å². The Balaban J connectivity index is 2.10. The molecule has 0 radical (unpaired) electrons. The van der Waals surface area contributed by atoms with Crippen LogP contribution < -0.4 is 5.32 Å². The second kappa shape index (κ2) is 3.90. The fraction of sp³-hybridized carbons (Fsp3) is 0.692. The zero-order valence-corrected chi connectivity index (χ0v) is 9.51. The molecular weight excluding hydrogens is 170 g/mol. The fourth-order valence-electron chi connectivity index (χ4n) is 2.84. The average molecular weight is 191 g/mol. The van der Waals surface area contributed by atoms with E-state index in [2.05, 4.69) is 38.2 Å². The Bertz CT molecular complexity index is 267. The molecule has 2 rings (SSSR count). The first-order valence-electron chi connectivity index (χ1n) is 5.79. The molecule has 1 saturated carbocycles. The third-order valence-electron chi connectivity index (χ3n) is 3.84. The van der Waals surface area contributed by atoms with Crippen molar-refractivity contribution in [3.05, 3.63) is 23.3 Å². The molecule has 1 heteroatoms. The summed E-state index contributed by atoms with van der Waals surface area (Å²) in [5.41, 5.74) is 3.06. The summed E-state index contributed by atoms with van der Waals surface area (Å²) in [6.45, 7) is 9.04. The molecule has 0 spiro atoms. The molecule has 0 bridgehead atoms. The number of allylic oxidation sites excluding steroid dienone is 2. The van der Waals surface area contributed by atoms with Crippen LogP contribution in [0.4, 0.5) is 0 Å². The molecule has 14 heavy (non-hydrogen) atoms. The van der Waals surface area contributed by atoms with E-state index in [0.29, 0.717) is 0 Å². The van der Waals surface area contributed by atoms with Gasteiger partial charge in [-0.3, -0.25) is 0 Å². The highest BCUT2D eigenvalue weighted by atomic mass is 14.9. The maximum Gasteiger partial charge on any atom is 0.0208 e. The second-order valence-corrected chi connectivity index (χ2v) is 4.88. The summed E-state index contributed by atoms with van der Waals surface area (Å²) in [4.78, 5) is 0. The molecule has 1 N–H and O–H groups in total. The predicted octanol–water partition coefficient (Wildman–Crippen LogP) is 2.75. The van der Waals surface area contributed by atoms with Gasteiger partial charge in [-0.15, -0.1) is 0 Å². The topological polar surface area (TPSA) is 12.0 Å². The van der Waals surface area contributed by atoms with E-state index in [1.54, 1.807) is 5.57 Å². The minimum absolute atomic E-state index is 0.833. The minimum Gasteiger partial charge on any atom is -0.309 e. The van der Waals surface area contributed by atoms with E-state index in [0.717, 1.165) is 30.8 Å². The molecule has 0 amide bonds. The van der Waals surface area contributed by atoms with E-state index in [-0.39, 0.29) is 0 Å². The van der Waals surface area contributed by atoms with Crippen LogP contribution in [-0.4, -0.2) is 13.1 Å². The van der Waals surface area contributed by atoms with Crippen molar-refractivity contribution in [2.45, 2.75) is 27.2 Å². The lowest BCUT2D eigenvalue weighted by molar-refractivity contribution is 0.147. The van der Waals surface area contributed by atoms with Gasteiger partial charge in [0.05, 0.1) is 0 Å². The summed E-state index contributed by atoms with van der Waals surface area (Å²) in [6.07, 6.45) is 6.18. The summed E-state index contributed by atoms with van der Waals surface area (Å²) in [5, 5.41) is 3.42. The zero-order valence-electron chi connectivity index (χ0n) is 9.51. The van der Waals surface area contributed by atoms with Crippen LogP contribution in [0.15, 0.2) is 23.3 Å². The van der Waals surface area contributed by atoms with E-state index in [4.69, 9.17) is 0 Å². The fourth-order valence-corrected chi connectivity index (χ4v) is 2.84. The van der Waals surface area contributed by atoms with Crippen molar-refractivity contribution in [1.29, 1.82) is 0 Å². The molecule has 1 aliphatic carbocycles. The van der Waals surface area contributed by atoms with Crippen LogP contribution in [0, 0.1) is 17.8 Å². The lowest BCUT2D eigenvalue weighted by Gasteiger charge is -2.39. The van der Waals surface area contributed by atoms with Gasteiger partial charge in [0, 0.05) is 13.1 Å². The molecule has 78 valence electrons. The summed E-state index contributed by atoms with van der Waals surface area (Å²) < 4.78 is 0. The molecule has 1 nitrogen and oxygen atoms in total. The van der Waals surface area contributed by atoms with Gasteiger partial charge in [0.25, 0.3) is 0 Å².